The van der Waals surface area contributed by atoms with E-state index in [4.69, 9.17) is 0 Å². The zero-order valence-corrected chi connectivity index (χ0v) is 28.5. The molecule has 47 heavy (non-hydrogen) atoms. The summed E-state index contributed by atoms with van der Waals surface area (Å²) in [6, 6.07) is 13.6. The van der Waals surface area contributed by atoms with E-state index in [-0.39, 0.29) is 11.3 Å². The van der Waals surface area contributed by atoms with E-state index in [9.17, 15) is 43.9 Å². The van der Waals surface area contributed by atoms with Crippen molar-refractivity contribution in [2.45, 2.75) is 56.8 Å². The fraction of sp³-hybridized carbons (Fsp3) is 0.323. The third-order valence-electron chi connectivity index (χ3n) is 7.58. The summed E-state index contributed by atoms with van der Waals surface area (Å²) in [6.07, 6.45) is -13.3. The van der Waals surface area contributed by atoms with Gasteiger partial charge in [-0.1, -0.05) is 35.8 Å². The number of ether oxygens (including phenoxy) is 2. The molecule has 0 radical (unpaired) electrons. The number of amides is 1. The molecule has 1 aromatic heterocycles. The van der Waals surface area contributed by atoms with E-state index in [0.29, 0.717) is 31.9 Å². The van der Waals surface area contributed by atoms with Crippen LogP contribution in [0, 0.1) is 0 Å². The van der Waals surface area contributed by atoms with Crippen molar-refractivity contribution >= 4 is 58.8 Å². The van der Waals surface area contributed by atoms with Crippen LogP contribution in [0.4, 0.5) is 36.4 Å². The summed E-state index contributed by atoms with van der Waals surface area (Å²) in [6.45, 7) is 6.23. The Kier molecular flexibility index (Phi) is 9.76. The summed E-state index contributed by atoms with van der Waals surface area (Å²) in [7, 11) is -3.45. The van der Waals surface area contributed by atoms with Crippen LogP contribution in [0.5, 0.6) is 11.5 Å². The van der Waals surface area contributed by atoms with Crippen LogP contribution in [0.2, 0.25) is 0 Å². The summed E-state index contributed by atoms with van der Waals surface area (Å²) < 4.78 is 125. The van der Waals surface area contributed by atoms with E-state index in [0.717, 1.165) is 23.1 Å². The number of anilines is 1. The number of rotatable bonds is 10. The number of nitrogens with one attached hydrogen (secondary N) is 1. The summed E-state index contributed by atoms with van der Waals surface area (Å²) in [5, 5.41) is 3.41. The zero-order chi connectivity index (χ0) is 35.3. The average molecular weight is 771 g/mol. The molecule has 254 valence electrons. The van der Waals surface area contributed by atoms with E-state index < -0.39 is 56.3 Å². The van der Waals surface area contributed by atoms with E-state index in [1.165, 1.54) is 31.3 Å². The first-order valence-electron chi connectivity index (χ1n) is 13.5. The highest BCUT2D eigenvalue weighted by molar-refractivity contribution is 9.10. The predicted molar refractivity (Wildman–Crippen MR) is 169 cm³/mol. The lowest BCUT2D eigenvalue weighted by atomic mass is 9.78. The number of carbonyl (C=O) groups excluding carboxylic acids is 1. The molecular weight excluding hydrogens is 743 g/mol. The molecule has 0 saturated heterocycles. The van der Waals surface area contributed by atoms with Crippen molar-refractivity contribution in [1.82, 2.24) is 0 Å². The minimum atomic E-state index is -5.23. The second-order valence-electron chi connectivity index (χ2n) is 11.7. The highest BCUT2D eigenvalue weighted by Crippen LogP contribution is 2.41. The molecule has 1 heterocycles. The Hall–Kier alpha value is -3.37. The third-order valence-corrected chi connectivity index (χ3v) is 11.2. The topological polar surface area (TPSA) is 81.7 Å². The number of hydrogen-bond acceptors (Lipinski definition) is 6. The van der Waals surface area contributed by atoms with Gasteiger partial charge in [-0.2, -0.15) is 17.6 Å². The molecule has 1 N–H and O–H groups in total. The zero-order valence-electron chi connectivity index (χ0n) is 25.2. The van der Waals surface area contributed by atoms with Crippen molar-refractivity contribution in [3.05, 3.63) is 86.7 Å². The Balaban J connectivity index is 1.68. The first-order valence-corrected chi connectivity index (χ1v) is 17.0. The number of fused-ring (bicyclic) bond motifs is 1. The van der Waals surface area contributed by atoms with Crippen LogP contribution in [0.3, 0.4) is 0 Å². The number of hydrogen-bond donors (Lipinski definition) is 1. The molecule has 0 fully saturated rings. The molecule has 0 unspecified atom stereocenters. The molecule has 1 amide bonds. The van der Waals surface area contributed by atoms with E-state index in [1.807, 2.05) is 0 Å². The maximum atomic E-state index is 13.7. The van der Waals surface area contributed by atoms with Gasteiger partial charge in [0.15, 0.2) is 9.84 Å². The number of carbonyl (C=O) groups is 1. The molecule has 0 bridgehead atoms. The molecule has 6 nitrogen and oxygen atoms in total. The van der Waals surface area contributed by atoms with Crippen molar-refractivity contribution in [2.24, 2.45) is 0 Å². The van der Waals surface area contributed by atoms with Gasteiger partial charge in [-0.15, -0.1) is 24.5 Å². The Bertz CT molecular complexity index is 1940. The fourth-order valence-corrected chi connectivity index (χ4v) is 6.50. The van der Waals surface area contributed by atoms with Crippen LogP contribution in [0.1, 0.15) is 54.1 Å². The number of alkyl halides is 7. The SMILES string of the molecule is CC(C)(c1cc(Br)cc(NC(=O)c2cc3cc(C(C)(C)S(C)(=O)=O)ccc3s2)c1)c1cc(OC(F)(F)F)cc(OC(F)(F)C(F)F)c1. The Morgan fingerprint density at radius 2 is 1.43 bits per heavy atom. The van der Waals surface area contributed by atoms with Crippen LogP contribution in [0.15, 0.2) is 65.1 Å². The maximum Gasteiger partial charge on any atom is 0.573 e. The smallest absolute Gasteiger partial charge is 0.428 e. The normalized spacial score (nSPS) is 13.2. The van der Waals surface area contributed by atoms with Crippen molar-refractivity contribution < 1.29 is 53.4 Å². The molecule has 0 spiro atoms. The summed E-state index contributed by atoms with van der Waals surface area (Å²) >= 11 is 4.51. The third kappa shape index (κ3) is 8.20. The highest BCUT2D eigenvalue weighted by Gasteiger charge is 2.44. The molecule has 0 aliphatic rings. The van der Waals surface area contributed by atoms with Gasteiger partial charge in [0.2, 0.25) is 0 Å². The van der Waals surface area contributed by atoms with E-state index >= 15 is 0 Å². The number of benzene rings is 3. The second kappa shape index (κ2) is 12.6. The molecule has 0 aliphatic carbocycles. The molecule has 0 atom stereocenters. The molecule has 4 rings (SSSR count). The van der Waals surface area contributed by atoms with Gasteiger partial charge in [-0.25, -0.2) is 8.42 Å². The summed E-state index contributed by atoms with van der Waals surface area (Å²) in [5.74, 6) is -2.47. The second-order valence-corrected chi connectivity index (χ2v) is 16.2. The van der Waals surface area contributed by atoms with Gasteiger partial charge in [0, 0.05) is 32.6 Å². The molecular formula is C31H27BrF7NO5S2. The summed E-state index contributed by atoms with van der Waals surface area (Å²) in [5.41, 5.74) is -0.166. The van der Waals surface area contributed by atoms with E-state index in [2.05, 4.69) is 30.7 Å². The van der Waals surface area contributed by atoms with Crippen molar-refractivity contribution in [1.29, 1.82) is 0 Å². The predicted octanol–water partition coefficient (Wildman–Crippen LogP) is 9.66. The van der Waals surface area contributed by atoms with Crippen LogP contribution in [-0.4, -0.2) is 39.5 Å². The Morgan fingerprint density at radius 3 is 2.00 bits per heavy atom. The monoisotopic (exact) mass is 769 g/mol. The van der Waals surface area contributed by atoms with Gasteiger partial charge in [-0.05, 0) is 84.5 Å². The summed E-state index contributed by atoms with van der Waals surface area (Å²) in [4.78, 5) is 13.6. The van der Waals surface area contributed by atoms with Crippen molar-refractivity contribution in [3.8, 4) is 11.5 Å². The van der Waals surface area contributed by atoms with Gasteiger partial charge in [0.25, 0.3) is 5.91 Å². The minimum Gasteiger partial charge on any atom is -0.428 e. The van der Waals surface area contributed by atoms with E-state index in [1.54, 1.807) is 50.2 Å². The minimum absolute atomic E-state index is 0.0629. The van der Waals surface area contributed by atoms with Crippen molar-refractivity contribution in [2.75, 3.05) is 11.6 Å². The highest BCUT2D eigenvalue weighted by atomic mass is 79.9. The molecule has 4 aromatic rings. The number of thiophene rings is 1. The maximum absolute atomic E-state index is 13.7. The number of halogens is 8. The van der Waals surface area contributed by atoms with Crippen LogP contribution in [0.25, 0.3) is 10.1 Å². The van der Waals surface area contributed by atoms with Gasteiger partial charge in [0.05, 0.1) is 9.62 Å². The Labute approximate surface area is 277 Å². The standard InChI is InChI=1S/C31H27BrF7NO5S2/c1-28(2,19-12-22(44-30(35,36)27(33)34)15-23(13-19)45-31(37,38)39)18-10-20(32)14-21(11-18)40-26(41)25-9-16-8-17(6-7-24(16)46-25)29(3,4)47(5,42)43/h6-15,27H,1-5H3,(H,40,41). The molecule has 3 aromatic carbocycles. The lowest BCUT2D eigenvalue weighted by molar-refractivity contribution is -0.274. The van der Waals surface area contributed by atoms with Crippen molar-refractivity contribution in [3.63, 3.8) is 0 Å². The van der Waals surface area contributed by atoms with Crippen LogP contribution in [-0.2, 0) is 20.0 Å². The van der Waals surface area contributed by atoms with Gasteiger partial charge >= 0.3 is 18.9 Å². The quantitative estimate of drug-likeness (QED) is 0.163. The average Bonchev–Trinajstić information content (AvgIpc) is 3.34. The largest absolute Gasteiger partial charge is 0.573 e. The molecule has 0 aliphatic heterocycles. The van der Waals surface area contributed by atoms with Gasteiger partial charge in [0.1, 0.15) is 11.5 Å². The number of sulfone groups is 1. The Morgan fingerprint density at radius 1 is 0.830 bits per heavy atom. The lowest BCUT2D eigenvalue weighted by Crippen LogP contribution is -2.33. The molecule has 16 heteroatoms. The van der Waals surface area contributed by atoms with Gasteiger partial charge < -0.3 is 14.8 Å². The first kappa shape index (κ1) is 36.5. The van der Waals surface area contributed by atoms with Crippen LogP contribution < -0.4 is 14.8 Å². The molecule has 0 saturated carbocycles. The first-order chi connectivity index (χ1) is 21.4. The lowest BCUT2D eigenvalue weighted by Gasteiger charge is -2.28. The van der Waals surface area contributed by atoms with Crippen LogP contribution >= 0.6 is 27.3 Å². The van der Waals surface area contributed by atoms with Gasteiger partial charge in [-0.3, -0.25) is 4.79 Å². The fourth-order valence-electron chi connectivity index (χ4n) is 4.51.